The van der Waals surface area contributed by atoms with Gasteiger partial charge in [-0.15, -0.1) is 0 Å². The van der Waals surface area contributed by atoms with Crippen LogP contribution in [0.3, 0.4) is 0 Å². The normalized spacial score (nSPS) is 18.8. The Labute approximate surface area is 111 Å². The maximum Gasteiger partial charge on any atom is 0.00249 e. The van der Waals surface area contributed by atoms with Gasteiger partial charge in [-0.3, -0.25) is 0 Å². The molecular formula is C16H26N2. The molecule has 1 aliphatic rings. The maximum atomic E-state index is 5.96. The summed E-state index contributed by atoms with van der Waals surface area (Å²) in [5, 5.41) is 0. The number of piperidine rings is 1. The van der Waals surface area contributed by atoms with Gasteiger partial charge >= 0.3 is 0 Å². The van der Waals surface area contributed by atoms with Crippen molar-refractivity contribution in [3.63, 3.8) is 0 Å². The molecule has 2 nitrogen and oxygen atoms in total. The van der Waals surface area contributed by atoms with Crippen molar-refractivity contribution in [3.8, 4) is 0 Å². The molecular weight excluding hydrogens is 220 g/mol. The highest BCUT2D eigenvalue weighted by atomic mass is 15.1. The van der Waals surface area contributed by atoms with Crippen LogP contribution in [0.25, 0.3) is 0 Å². The predicted octanol–water partition coefficient (Wildman–Crippen LogP) is 2.60. The van der Waals surface area contributed by atoms with E-state index in [4.69, 9.17) is 5.73 Å². The molecule has 1 unspecified atom stereocenters. The third kappa shape index (κ3) is 3.82. The summed E-state index contributed by atoms with van der Waals surface area (Å²) >= 11 is 0. The van der Waals surface area contributed by atoms with Gasteiger partial charge in [-0.1, -0.05) is 30.7 Å². The predicted molar refractivity (Wildman–Crippen MR) is 77.7 cm³/mol. The van der Waals surface area contributed by atoms with E-state index in [1.165, 1.54) is 50.0 Å². The van der Waals surface area contributed by atoms with Crippen LogP contribution in [-0.2, 0) is 6.42 Å². The number of hydrogen-bond acceptors (Lipinski definition) is 2. The molecule has 0 amide bonds. The molecule has 1 saturated heterocycles. The summed E-state index contributed by atoms with van der Waals surface area (Å²) in [6.07, 6.45) is 5.25. The molecule has 0 aliphatic carbocycles. The van der Waals surface area contributed by atoms with Gasteiger partial charge in [-0.2, -0.15) is 0 Å². The number of hydrogen-bond donors (Lipinski definition) is 1. The molecule has 1 fully saturated rings. The Morgan fingerprint density at radius 3 is 2.56 bits per heavy atom. The first-order valence-corrected chi connectivity index (χ1v) is 7.26. The summed E-state index contributed by atoms with van der Waals surface area (Å²) in [5.41, 5.74) is 8.82. The van der Waals surface area contributed by atoms with Crippen molar-refractivity contribution in [2.45, 2.75) is 32.6 Å². The second-order valence-electron chi connectivity index (χ2n) is 5.59. The van der Waals surface area contributed by atoms with Crippen molar-refractivity contribution in [3.05, 3.63) is 35.4 Å². The first-order chi connectivity index (χ1) is 8.79. The van der Waals surface area contributed by atoms with Gasteiger partial charge in [0.1, 0.15) is 0 Å². The fraction of sp³-hybridized carbons (Fsp3) is 0.625. The average Bonchev–Trinajstić information content (AvgIpc) is 2.41. The standard InChI is InChI=1S/C16H26N2/c1-14-7-3-4-8-16(14)11-15(12-17)13-18-9-5-2-6-10-18/h3-4,7-8,15H,2,5-6,9-13,17H2,1H3. The minimum atomic E-state index is 0.601. The van der Waals surface area contributed by atoms with Crippen LogP contribution in [0.2, 0.25) is 0 Å². The molecule has 2 N–H and O–H groups in total. The van der Waals surface area contributed by atoms with E-state index in [1.807, 2.05) is 0 Å². The fourth-order valence-electron chi connectivity index (χ4n) is 2.88. The van der Waals surface area contributed by atoms with Crippen LogP contribution < -0.4 is 5.73 Å². The molecule has 2 heteroatoms. The molecule has 100 valence electrons. The zero-order valence-corrected chi connectivity index (χ0v) is 11.6. The van der Waals surface area contributed by atoms with Gasteiger partial charge in [0, 0.05) is 6.54 Å². The van der Waals surface area contributed by atoms with Crippen LogP contribution in [0, 0.1) is 12.8 Å². The molecule has 1 atom stereocenters. The van der Waals surface area contributed by atoms with E-state index in [-0.39, 0.29) is 0 Å². The Morgan fingerprint density at radius 2 is 1.89 bits per heavy atom. The zero-order valence-electron chi connectivity index (χ0n) is 11.6. The van der Waals surface area contributed by atoms with Crippen molar-refractivity contribution in [2.75, 3.05) is 26.2 Å². The summed E-state index contributed by atoms with van der Waals surface area (Å²) in [5.74, 6) is 0.601. The van der Waals surface area contributed by atoms with Crippen LogP contribution in [0.5, 0.6) is 0 Å². The van der Waals surface area contributed by atoms with Gasteiger partial charge in [-0.05, 0) is 62.9 Å². The summed E-state index contributed by atoms with van der Waals surface area (Å²) < 4.78 is 0. The van der Waals surface area contributed by atoms with E-state index < -0.39 is 0 Å². The molecule has 0 radical (unpaired) electrons. The van der Waals surface area contributed by atoms with E-state index in [0.29, 0.717) is 5.92 Å². The molecule has 1 aromatic carbocycles. The monoisotopic (exact) mass is 246 g/mol. The lowest BCUT2D eigenvalue weighted by atomic mass is 9.95. The van der Waals surface area contributed by atoms with Crippen LogP contribution in [0.15, 0.2) is 24.3 Å². The fourth-order valence-corrected chi connectivity index (χ4v) is 2.88. The minimum absolute atomic E-state index is 0.601. The highest BCUT2D eigenvalue weighted by molar-refractivity contribution is 5.26. The lowest BCUT2D eigenvalue weighted by Gasteiger charge is -2.30. The summed E-state index contributed by atoms with van der Waals surface area (Å²) in [4.78, 5) is 2.60. The smallest absolute Gasteiger partial charge is 0.00249 e. The van der Waals surface area contributed by atoms with Crippen molar-refractivity contribution in [1.82, 2.24) is 4.90 Å². The molecule has 18 heavy (non-hydrogen) atoms. The summed E-state index contributed by atoms with van der Waals surface area (Å²) in [6.45, 7) is 6.70. The van der Waals surface area contributed by atoms with Gasteiger partial charge in [0.15, 0.2) is 0 Å². The molecule has 0 spiro atoms. The molecule has 0 bridgehead atoms. The van der Waals surface area contributed by atoms with Crippen molar-refractivity contribution in [1.29, 1.82) is 0 Å². The molecule has 2 rings (SSSR count). The number of aryl methyl sites for hydroxylation is 1. The Bertz CT molecular complexity index is 356. The third-order valence-corrected chi connectivity index (χ3v) is 4.07. The lowest BCUT2D eigenvalue weighted by Crippen LogP contribution is -2.37. The highest BCUT2D eigenvalue weighted by Gasteiger charge is 2.16. The van der Waals surface area contributed by atoms with Gasteiger partial charge in [-0.25, -0.2) is 0 Å². The number of rotatable bonds is 5. The topological polar surface area (TPSA) is 29.3 Å². The van der Waals surface area contributed by atoms with Gasteiger partial charge in [0.25, 0.3) is 0 Å². The SMILES string of the molecule is Cc1ccccc1CC(CN)CN1CCCCC1. The number of benzene rings is 1. The first kappa shape index (κ1) is 13.6. The zero-order chi connectivity index (χ0) is 12.8. The van der Waals surface area contributed by atoms with Crippen LogP contribution in [0.1, 0.15) is 30.4 Å². The van der Waals surface area contributed by atoms with E-state index >= 15 is 0 Å². The summed E-state index contributed by atoms with van der Waals surface area (Å²) in [6, 6.07) is 8.69. The van der Waals surface area contributed by atoms with E-state index in [9.17, 15) is 0 Å². The quantitative estimate of drug-likeness (QED) is 0.865. The van der Waals surface area contributed by atoms with E-state index in [2.05, 4.69) is 36.1 Å². The van der Waals surface area contributed by atoms with Gasteiger partial charge < -0.3 is 10.6 Å². The molecule has 1 aliphatic heterocycles. The van der Waals surface area contributed by atoms with Crippen LogP contribution in [0.4, 0.5) is 0 Å². The number of likely N-dealkylation sites (tertiary alicyclic amines) is 1. The first-order valence-electron chi connectivity index (χ1n) is 7.26. The number of nitrogens with two attached hydrogens (primary N) is 1. The molecule has 0 aromatic heterocycles. The lowest BCUT2D eigenvalue weighted by molar-refractivity contribution is 0.196. The molecule has 1 heterocycles. The Balaban J connectivity index is 1.90. The van der Waals surface area contributed by atoms with Crippen LogP contribution in [-0.4, -0.2) is 31.1 Å². The average molecular weight is 246 g/mol. The summed E-state index contributed by atoms with van der Waals surface area (Å²) in [7, 11) is 0. The Morgan fingerprint density at radius 1 is 1.17 bits per heavy atom. The van der Waals surface area contributed by atoms with Crippen molar-refractivity contribution < 1.29 is 0 Å². The van der Waals surface area contributed by atoms with Crippen molar-refractivity contribution in [2.24, 2.45) is 11.7 Å². The second-order valence-corrected chi connectivity index (χ2v) is 5.59. The van der Waals surface area contributed by atoms with Crippen LogP contribution >= 0.6 is 0 Å². The van der Waals surface area contributed by atoms with Gasteiger partial charge in [0.05, 0.1) is 0 Å². The third-order valence-electron chi connectivity index (χ3n) is 4.07. The minimum Gasteiger partial charge on any atom is -0.330 e. The second kappa shape index (κ2) is 6.91. The Kier molecular flexibility index (Phi) is 5.21. The molecule has 0 saturated carbocycles. The van der Waals surface area contributed by atoms with E-state index in [0.717, 1.165) is 13.0 Å². The van der Waals surface area contributed by atoms with E-state index in [1.54, 1.807) is 0 Å². The highest BCUT2D eigenvalue weighted by Crippen LogP contribution is 2.16. The van der Waals surface area contributed by atoms with Crippen molar-refractivity contribution >= 4 is 0 Å². The largest absolute Gasteiger partial charge is 0.330 e. The number of nitrogens with zero attached hydrogens (tertiary/aromatic N) is 1. The van der Waals surface area contributed by atoms with Gasteiger partial charge in [0.2, 0.25) is 0 Å². The Hall–Kier alpha value is -0.860. The molecule has 1 aromatic rings. The maximum absolute atomic E-state index is 5.96.